The van der Waals surface area contributed by atoms with Gasteiger partial charge in [0.05, 0.1) is 38.9 Å². The van der Waals surface area contributed by atoms with Gasteiger partial charge < -0.3 is 21.6 Å². The van der Waals surface area contributed by atoms with E-state index in [1.54, 1.807) is 0 Å². The van der Waals surface area contributed by atoms with E-state index in [4.69, 9.17) is 4.74 Å². The first-order valence-corrected chi connectivity index (χ1v) is 10.3. The molecule has 0 N–H and O–H groups in total. The highest BCUT2D eigenvalue weighted by molar-refractivity contribution is 5.89. The predicted octanol–water partition coefficient (Wildman–Crippen LogP) is 2.40. The van der Waals surface area contributed by atoms with Crippen LogP contribution in [0.15, 0.2) is 36.4 Å². The lowest BCUT2D eigenvalue weighted by molar-refractivity contribution is -0.919. The number of allylic oxidation sites excluding steroid dienone is 1. The summed E-state index contributed by atoms with van der Waals surface area (Å²) in [5, 5.41) is 0. The average Bonchev–Trinajstić information content (AvgIpc) is 2.69. The zero-order chi connectivity index (χ0) is 19.3. The molecule has 0 saturated heterocycles. The molecule has 3 nitrogen and oxygen atoms in total. The molecule has 27 heavy (non-hydrogen) atoms. The molecular weight excluding hydrogens is 358 g/mol. The molecule has 0 radical (unpaired) electrons. The average molecular weight is 396 g/mol. The Kier molecular flexibility index (Phi) is 14.0. The Labute approximate surface area is 172 Å². The summed E-state index contributed by atoms with van der Waals surface area (Å²) < 4.78 is 5.92. The number of ether oxygens (including phenoxy) is 1. The monoisotopic (exact) mass is 395 g/mol. The number of benzene rings is 1. The van der Waals surface area contributed by atoms with Crippen molar-refractivity contribution in [3.63, 3.8) is 0 Å². The van der Waals surface area contributed by atoms with Crippen molar-refractivity contribution < 1.29 is 26.4 Å². The van der Waals surface area contributed by atoms with E-state index in [1.807, 2.05) is 24.3 Å². The van der Waals surface area contributed by atoms with Crippen LogP contribution in [-0.4, -0.2) is 43.7 Å². The van der Waals surface area contributed by atoms with Crippen molar-refractivity contribution in [2.45, 2.75) is 59.3 Å². The van der Waals surface area contributed by atoms with Crippen molar-refractivity contribution in [1.82, 2.24) is 0 Å². The number of methoxy groups -OCH3 is 1. The van der Waals surface area contributed by atoms with Gasteiger partial charge in [0, 0.05) is 0 Å². The van der Waals surface area contributed by atoms with Crippen LogP contribution >= 0.6 is 0 Å². The maximum Gasteiger partial charge on any atom is 0.337 e. The molecule has 0 aliphatic heterocycles. The number of nitrogens with zero attached hydrogens (tertiary/aromatic N) is 1. The molecular formula is C23H38ClNO2. The Morgan fingerprint density at radius 2 is 1.59 bits per heavy atom. The highest BCUT2D eigenvalue weighted by atomic mass is 35.5. The number of likely N-dealkylation sites (N-methyl/N-ethyl adjacent to an activating group) is 1. The van der Waals surface area contributed by atoms with Gasteiger partial charge in [0.25, 0.3) is 0 Å². The Morgan fingerprint density at radius 3 is 2.15 bits per heavy atom. The third kappa shape index (κ3) is 9.44. The standard InChI is InChI=1S/C23H38NO2.ClH/c1-5-8-9-10-12-19-24(6-2,7-3)20-13-11-14-21-15-17-22(18-16-21)23(25)26-4;/h11,13,15-18H,5-10,12,14,19-20H2,1-4H3;1H/q+1;/p-1/b13-11+;. The Morgan fingerprint density at radius 1 is 0.963 bits per heavy atom. The summed E-state index contributed by atoms with van der Waals surface area (Å²) >= 11 is 0. The van der Waals surface area contributed by atoms with Crippen LogP contribution in [0.25, 0.3) is 0 Å². The number of unbranched alkanes of at least 4 members (excludes halogenated alkanes) is 4. The minimum Gasteiger partial charge on any atom is -1.00 e. The summed E-state index contributed by atoms with van der Waals surface area (Å²) in [5.41, 5.74) is 1.83. The van der Waals surface area contributed by atoms with Gasteiger partial charge in [-0.25, -0.2) is 4.79 Å². The van der Waals surface area contributed by atoms with Gasteiger partial charge in [0.2, 0.25) is 0 Å². The molecule has 0 atom stereocenters. The quantitative estimate of drug-likeness (QED) is 0.222. The maximum atomic E-state index is 11.5. The van der Waals surface area contributed by atoms with Crippen molar-refractivity contribution in [2.24, 2.45) is 0 Å². The fourth-order valence-corrected chi connectivity index (χ4v) is 3.35. The Bertz CT molecular complexity index is 536. The van der Waals surface area contributed by atoms with E-state index < -0.39 is 0 Å². The summed E-state index contributed by atoms with van der Waals surface area (Å²) in [7, 11) is 1.41. The molecule has 154 valence electrons. The number of halogens is 1. The van der Waals surface area contributed by atoms with Crippen LogP contribution in [-0.2, 0) is 11.2 Å². The Balaban J connectivity index is 0.00000676. The van der Waals surface area contributed by atoms with E-state index in [1.165, 1.54) is 68.9 Å². The highest BCUT2D eigenvalue weighted by Gasteiger charge is 2.20. The van der Waals surface area contributed by atoms with Crippen LogP contribution in [0.4, 0.5) is 0 Å². The number of hydrogen-bond donors (Lipinski definition) is 0. The largest absolute Gasteiger partial charge is 1.00 e. The minimum atomic E-state index is -0.279. The molecule has 0 aromatic heterocycles. The van der Waals surface area contributed by atoms with E-state index in [0.29, 0.717) is 5.56 Å². The summed E-state index contributed by atoms with van der Waals surface area (Å²) in [6.07, 6.45) is 12.3. The molecule has 0 amide bonds. The normalized spacial score (nSPS) is 11.4. The van der Waals surface area contributed by atoms with Gasteiger partial charge >= 0.3 is 5.97 Å². The summed E-state index contributed by atoms with van der Waals surface area (Å²) in [6, 6.07) is 7.69. The van der Waals surface area contributed by atoms with Gasteiger partial charge in [-0.15, -0.1) is 0 Å². The number of esters is 1. The smallest absolute Gasteiger partial charge is 0.337 e. The van der Waals surface area contributed by atoms with Gasteiger partial charge in [-0.05, 0) is 56.9 Å². The van der Waals surface area contributed by atoms with E-state index in [2.05, 4.69) is 32.9 Å². The lowest BCUT2D eigenvalue weighted by Crippen LogP contribution is -3.00. The van der Waals surface area contributed by atoms with Crippen LogP contribution < -0.4 is 12.4 Å². The molecule has 1 aromatic rings. The molecule has 0 aliphatic carbocycles. The fraction of sp³-hybridized carbons (Fsp3) is 0.609. The molecule has 1 rings (SSSR count). The first-order valence-electron chi connectivity index (χ1n) is 10.3. The van der Waals surface area contributed by atoms with Crippen LogP contribution in [0.1, 0.15) is 68.8 Å². The summed E-state index contributed by atoms with van der Waals surface area (Å²) in [5.74, 6) is -0.279. The number of carbonyl (C=O) groups is 1. The molecule has 0 saturated carbocycles. The summed E-state index contributed by atoms with van der Waals surface area (Å²) in [6.45, 7) is 11.7. The van der Waals surface area contributed by atoms with Gasteiger partial charge in [0.15, 0.2) is 0 Å². The zero-order valence-corrected chi connectivity index (χ0v) is 18.4. The van der Waals surface area contributed by atoms with Crippen molar-refractivity contribution in [3.8, 4) is 0 Å². The minimum absolute atomic E-state index is 0. The second kappa shape index (κ2) is 14.7. The number of carbonyl (C=O) groups excluding carboxylic acids is 1. The summed E-state index contributed by atoms with van der Waals surface area (Å²) in [4.78, 5) is 11.5. The predicted molar refractivity (Wildman–Crippen MR) is 110 cm³/mol. The van der Waals surface area contributed by atoms with Crippen LogP contribution in [0, 0.1) is 0 Å². The Hall–Kier alpha value is -1.32. The van der Waals surface area contributed by atoms with Crippen molar-refractivity contribution in [2.75, 3.05) is 33.3 Å². The fourth-order valence-electron chi connectivity index (χ4n) is 3.35. The van der Waals surface area contributed by atoms with Crippen molar-refractivity contribution in [1.29, 1.82) is 0 Å². The van der Waals surface area contributed by atoms with Crippen LogP contribution in [0.2, 0.25) is 0 Å². The SMILES string of the molecule is CCCCCCC[N+](CC)(CC)C/C=C/Cc1ccc(C(=O)OC)cc1.[Cl-]. The molecule has 0 aliphatic rings. The molecule has 0 spiro atoms. The van der Waals surface area contributed by atoms with Gasteiger partial charge in [-0.3, -0.25) is 0 Å². The lowest BCUT2D eigenvalue weighted by atomic mass is 10.1. The molecule has 1 aromatic carbocycles. The molecule has 0 heterocycles. The van der Waals surface area contributed by atoms with Crippen LogP contribution in [0.5, 0.6) is 0 Å². The van der Waals surface area contributed by atoms with Gasteiger partial charge in [0.1, 0.15) is 0 Å². The van der Waals surface area contributed by atoms with E-state index >= 15 is 0 Å². The zero-order valence-electron chi connectivity index (χ0n) is 17.7. The van der Waals surface area contributed by atoms with Crippen molar-refractivity contribution in [3.05, 3.63) is 47.5 Å². The first kappa shape index (κ1) is 25.7. The number of quaternary nitrogens is 1. The van der Waals surface area contributed by atoms with E-state index in [-0.39, 0.29) is 18.4 Å². The highest BCUT2D eigenvalue weighted by Crippen LogP contribution is 2.12. The van der Waals surface area contributed by atoms with Gasteiger partial charge in [-0.1, -0.05) is 44.4 Å². The molecule has 0 fully saturated rings. The second-order valence-corrected chi connectivity index (χ2v) is 7.16. The molecule has 0 bridgehead atoms. The van der Waals surface area contributed by atoms with Gasteiger partial charge in [-0.2, -0.15) is 0 Å². The molecule has 4 heteroatoms. The number of hydrogen-bond acceptors (Lipinski definition) is 2. The third-order valence-corrected chi connectivity index (χ3v) is 5.47. The van der Waals surface area contributed by atoms with E-state index in [0.717, 1.165) is 13.0 Å². The number of rotatable bonds is 13. The van der Waals surface area contributed by atoms with E-state index in [9.17, 15) is 4.79 Å². The first-order chi connectivity index (χ1) is 12.6. The lowest BCUT2D eigenvalue weighted by Gasteiger charge is -2.36. The maximum absolute atomic E-state index is 11.5. The molecule has 0 unspecified atom stereocenters. The third-order valence-electron chi connectivity index (χ3n) is 5.47. The second-order valence-electron chi connectivity index (χ2n) is 7.16. The van der Waals surface area contributed by atoms with Crippen molar-refractivity contribution >= 4 is 5.97 Å². The van der Waals surface area contributed by atoms with Crippen LogP contribution in [0.3, 0.4) is 0 Å². The topological polar surface area (TPSA) is 26.3 Å².